The molecule has 3 aromatic heterocycles. The average Bonchev–Trinajstić information content (AvgIpc) is 3.51. The summed E-state index contributed by atoms with van der Waals surface area (Å²) >= 11 is 0. The Balaban J connectivity index is 1.46. The lowest BCUT2D eigenvalue weighted by molar-refractivity contribution is 0.271. The predicted molar refractivity (Wildman–Crippen MR) is 165 cm³/mol. The van der Waals surface area contributed by atoms with Crippen molar-refractivity contribution in [2.24, 2.45) is 0 Å². The molecule has 0 saturated heterocycles. The molecule has 6 rings (SSSR count). The third-order valence-corrected chi connectivity index (χ3v) is 7.10. The van der Waals surface area contributed by atoms with E-state index in [2.05, 4.69) is 26.0 Å². The molecule has 10 nitrogen and oxygen atoms in total. The van der Waals surface area contributed by atoms with Crippen LogP contribution in [-0.4, -0.2) is 38.8 Å². The summed E-state index contributed by atoms with van der Waals surface area (Å²) < 4.78 is 32.4. The first-order valence-electron chi connectivity index (χ1n) is 14.0. The van der Waals surface area contributed by atoms with Gasteiger partial charge in [-0.15, -0.1) is 5.10 Å². The predicted octanol–water partition coefficient (Wildman–Crippen LogP) is 6.00. The highest BCUT2D eigenvalue weighted by Gasteiger charge is 2.20. The number of anilines is 1. The molecule has 0 fully saturated rings. The van der Waals surface area contributed by atoms with Gasteiger partial charge in [-0.1, -0.05) is 36.4 Å². The molecule has 0 bridgehead atoms. The van der Waals surface area contributed by atoms with Gasteiger partial charge in [0.05, 0.1) is 31.5 Å². The molecule has 6 aromatic rings. The molecule has 224 valence electrons. The van der Waals surface area contributed by atoms with Crippen LogP contribution in [0.3, 0.4) is 0 Å². The fraction of sp³-hybridized carbons (Fsp3) is 0.147. The third-order valence-electron chi connectivity index (χ3n) is 7.10. The lowest BCUT2D eigenvalue weighted by Crippen LogP contribution is -2.26. The lowest BCUT2D eigenvalue weighted by Gasteiger charge is -2.25. The second kappa shape index (κ2) is 13.1. The van der Waals surface area contributed by atoms with Crippen molar-refractivity contribution < 1.29 is 18.6 Å². The van der Waals surface area contributed by atoms with E-state index in [0.717, 1.165) is 28.2 Å². The van der Waals surface area contributed by atoms with Crippen LogP contribution >= 0.6 is 0 Å². The quantitative estimate of drug-likeness (QED) is 0.177. The van der Waals surface area contributed by atoms with Crippen LogP contribution in [-0.2, 0) is 19.7 Å². The van der Waals surface area contributed by atoms with Gasteiger partial charge in [-0.3, -0.25) is 4.98 Å². The van der Waals surface area contributed by atoms with Gasteiger partial charge in [0.15, 0.2) is 5.65 Å². The first-order chi connectivity index (χ1) is 22.0. The molecule has 0 aliphatic heterocycles. The van der Waals surface area contributed by atoms with Crippen LogP contribution in [0.1, 0.15) is 22.4 Å². The zero-order chi connectivity index (χ0) is 31.2. The van der Waals surface area contributed by atoms with Crippen molar-refractivity contribution in [1.82, 2.24) is 24.6 Å². The van der Waals surface area contributed by atoms with Gasteiger partial charge in [-0.25, -0.2) is 9.37 Å². The van der Waals surface area contributed by atoms with Crippen LogP contribution in [0.2, 0.25) is 0 Å². The van der Waals surface area contributed by atoms with Crippen molar-refractivity contribution in [3.05, 3.63) is 125 Å². The summed E-state index contributed by atoms with van der Waals surface area (Å²) in [5.74, 6) is 1.52. The van der Waals surface area contributed by atoms with Crippen LogP contribution < -0.4 is 19.1 Å². The monoisotopic (exact) mass is 601 g/mol. The van der Waals surface area contributed by atoms with Crippen LogP contribution in [0.25, 0.3) is 16.9 Å². The van der Waals surface area contributed by atoms with Gasteiger partial charge in [-0.05, 0) is 59.7 Å². The van der Waals surface area contributed by atoms with Gasteiger partial charge in [-0.2, -0.15) is 14.8 Å². The zero-order valence-corrected chi connectivity index (χ0v) is 24.6. The van der Waals surface area contributed by atoms with E-state index in [4.69, 9.17) is 19.2 Å². The summed E-state index contributed by atoms with van der Waals surface area (Å²) in [6, 6.07) is 29.7. The highest BCUT2D eigenvalue weighted by atomic mass is 19.1. The molecule has 45 heavy (non-hydrogen) atoms. The Morgan fingerprint density at radius 1 is 0.844 bits per heavy atom. The minimum Gasteiger partial charge on any atom is -0.497 e. The summed E-state index contributed by atoms with van der Waals surface area (Å²) in [5, 5.41) is 14.2. The number of aromatic nitrogens is 5. The number of hydrogen-bond acceptors (Lipinski definition) is 9. The maximum absolute atomic E-state index is 14.2. The summed E-state index contributed by atoms with van der Waals surface area (Å²) in [6.45, 7) is 0.787. The number of hydrogen-bond donors (Lipinski definition) is 0. The van der Waals surface area contributed by atoms with Crippen molar-refractivity contribution >= 4 is 11.6 Å². The highest BCUT2D eigenvalue weighted by Crippen LogP contribution is 2.28. The van der Waals surface area contributed by atoms with Crippen LogP contribution in [0, 0.1) is 17.1 Å². The number of nitrogens with zero attached hydrogens (tertiary/aromatic N) is 7. The molecule has 11 heteroatoms. The molecule has 0 amide bonds. The van der Waals surface area contributed by atoms with Gasteiger partial charge in [0, 0.05) is 30.9 Å². The van der Waals surface area contributed by atoms with E-state index in [-0.39, 0.29) is 18.3 Å². The van der Waals surface area contributed by atoms with E-state index in [1.54, 1.807) is 36.9 Å². The number of ether oxygens (including phenoxy) is 3. The van der Waals surface area contributed by atoms with Gasteiger partial charge >= 0.3 is 6.01 Å². The summed E-state index contributed by atoms with van der Waals surface area (Å²) in [7, 11) is 3.26. The number of rotatable bonds is 11. The third kappa shape index (κ3) is 6.65. The molecule has 0 atom stereocenters. The Bertz CT molecular complexity index is 1920. The van der Waals surface area contributed by atoms with E-state index in [1.165, 1.54) is 18.3 Å². The zero-order valence-electron chi connectivity index (χ0n) is 24.6. The topological polar surface area (TPSA) is 111 Å². The van der Waals surface area contributed by atoms with Gasteiger partial charge in [0.2, 0.25) is 5.95 Å². The van der Waals surface area contributed by atoms with Crippen molar-refractivity contribution in [3.63, 3.8) is 0 Å². The molecule has 0 N–H and O–H groups in total. The number of methoxy groups -OCH3 is 2. The Labute approximate surface area is 258 Å². The standard InChI is InChI=1S/C34H28FN7O3/c1-43-27-12-8-23(9-13-27)20-41(21-24-10-14-28(44-2)15-11-24)34-38-30(26-6-3-5-25(17-26)19-36)18-32-39-33(40-42(32)34)45-22-31-29(35)7-4-16-37-31/h3-18H,20-22H2,1-2H3. The van der Waals surface area contributed by atoms with E-state index in [0.29, 0.717) is 35.9 Å². The van der Waals surface area contributed by atoms with E-state index in [1.807, 2.05) is 60.7 Å². The molecule has 3 heterocycles. The minimum atomic E-state index is -0.478. The van der Waals surface area contributed by atoms with Crippen LogP contribution in [0.5, 0.6) is 17.5 Å². The molecule has 0 spiro atoms. The fourth-order valence-electron chi connectivity index (χ4n) is 4.77. The molecule has 0 radical (unpaired) electrons. The normalized spacial score (nSPS) is 10.8. The van der Waals surface area contributed by atoms with Crippen molar-refractivity contribution in [3.8, 4) is 34.8 Å². The Hall–Kier alpha value is -6.02. The Morgan fingerprint density at radius 2 is 1.53 bits per heavy atom. The molecule has 0 aliphatic rings. The minimum absolute atomic E-state index is 0.0415. The van der Waals surface area contributed by atoms with Gasteiger partial charge < -0.3 is 19.1 Å². The smallest absolute Gasteiger partial charge is 0.336 e. The maximum atomic E-state index is 14.2. The summed E-state index contributed by atoms with van der Waals surface area (Å²) in [6.07, 6.45) is 1.50. The Kier molecular flexibility index (Phi) is 8.46. The van der Waals surface area contributed by atoms with Crippen molar-refractivity contribution in [2.45, 2.75) is 19.7 Å². The highest BCUT2D eigenvalue weighted by molar-refractivity contribution is 5.67. The number of benzene rings is 3. The van der Waals surface area contributed by atoms with Crippen LogP contribution in [0.4, 0.5) is 10.3 Å². The first-order valence-corrected chi connectivity index (χ1v) is 14.0. The van der Waals surface area contributed by atoms with E-state index >= 15 is 0 Å². The molecule has 0 saturated carbocycles. The summed E-state index contributed by atoms with van der Waals surface area (Å²) in [4.78, 5) is 15.8. The largest absolute Gasteiger partial charge is 0.497 e. The van der Waals surface area contributed by atoms with Gasteiger partial charge in [0.1, 0.15) is 29.6 Å². The molecule has 3 aromatic carbocycles. The second-order valence-corrected chi connectivity index (χ2v) is 10.1. The maximum Gasteiger partial charge on any atom is 0.336 e. The van der Waals surface area contributed by atoms with Crippen molar-refractivity contribution in [2.75, 3.05) is 19.1 Å². The molecular weight excluding hydrogens is 573 g/mol. The number of nitriles is 1. The Morgan fingerprint density at radius 3 is 2.16 bits per heavy atom. The number of fused-ring (bicyclic) bond motifs is 1. The fourth-order valence-corrected chi connectivity index (χ4v) is 4.77. The van der Waals surface area contributed by atoms with Crippen molar-refractivity contribution in [1.29, 1.82) is 5.26 Å². The van der Waals surface area contributed by atoms with E-state index in [9.17, 15) is 9.65 Å². The SMILES string of the molecule is COc1ccc(CN(Cc2ccc(OC)cc2)c2nc(-c3cccc(C#N)c3)cc3nc(OCc4ncccc4F)nn23)cc1. The van der Waals surface area contributed by atoms with E-state index < -0.39 is 5.82 Å². The second-order valence-electron chi connectivity index (χ2n) is 10.1. The van der Waals surface area contributed by atoms with Crippen LogP contribution in [0.15, 0.2) is 97.2 Å². The van der Waals surface area contributed by atoms with Gasteiger partial charge in [0.25, 0.3) is 0 Å². The molecule has 0 unspecified atom stereocenters. The molecular formula is C34H28FN7O3. The summed E-state index contributed by atoms with van der Waals surface area (Å²) in [5.41, 5.74) is 4.47. The number of pyridine rings is 1. The number of halogens is 1. The molecule has 0 aliphatic carbocycles. The first kappa shape index (κ1) is 29.1. The lowest BCUT2D eigenvalue weighted by atomic mass is 10.1. The average molecular weight is 602 g/mol.